The zero-order valence-corrected chi connectivity index (χ0v) is 16.0. The topological polar surface area (TPSA) is 177 Å². The molecule has 0 aromatic rings. The molecule has 0 heterocycles. The Morgan fingerprint density at radius 3 is 1.24 bits per heavy atom. The minimum Gasteiger partial charge on any atom is -0.481 e. The van der Waals surface area contributed by atoms with E-state index in [0.717, 1.165) is 0 Å². The first-order chi connectivity index (χ1) is 13.5. The Balaban J connectivity index is 0. The summed E-state index contributed by atoms with van der Waals surface area (Å²) in [4.78, 5) is 44.3. The molecular formula is C18H26O11. The second kappa shape index (κ2) is 14.0. The second-order valence-corrected chi connectivity index (χ2v) is 5.46. The van der Waals surface area contributed by atoms with Gasteiger partial charge >= 0.3 is 29.9 Å². The maximum absolute atomic E-state index is 11.2. The van der Waals surface area contributed by atoms with E-state index in [0.29, 0.717) is 24.6 Å². The molecule has 0 aliphatic heterocycles. The van der Waals surface area contributed by atoms with Crippen LogP contribution in [-0.2, 0) is 33.4 Å². The van der Waals surface area contributed by atoms with E-state index >= 15 is 0 Å². The van der Waals surface area contributed by atoms with E-state index in [4.69, 9.17) is 20.4 Å². The standard InChI is InChI=1S/C12H12O8.C6H14O3/c1-4-9(15)18-12(7-8(13)14,19-10(16)5-2)20-11(17)6-3;1-2-6(3-7,4-8)5-9/h4-6H,1-3,7H2,(H,13,14);7-9H,2-5H2,1H3. The molecule has 0 amide bonds. The number of aliphatic hydroxyl groups is 3. The fourth-order valence-electron chi connectivity index (χ4n) is 1.43. The lowest BCUT2D eigenvalue weighted by molar-refractivity contribution is -0.324. The molecule has 0 aliphatic carbocycles. The lowest BCUT2D eigenvalue weighted by Gasteiger charge is -2.28. The van der Waals surface area contributed by atoms with Gasteiger partial charge in [-0.2, -0.15) is 0 Å². The van der Waals surface area contributed by atoms with E-state index in [9.17, 15) is 19.2 Å². The molecule has 164 valence electrons. The third-order valence-corrected chi connectivity index (χ3v) is 3.39. The van der Waals surface area contributed by atoms with Gasteiger partial charge in [0.05, 0.1) is 19.8 Å². The monoisotopic (exact) mass is 418 g/mol. The zero-order chi connectivity index (χ0) is 23.1. The molecule has 29 heavy (non-hydrogen) atoms. The van der Waals surface area contributed by atoms with Crippen LogP contribution in [0.4, 0.5) is 0 Å². The predicted octanol–water partition coefficient (Wildman–Crippen LogP) is -0.338. The van der Waals surface area contributed by atoms with Crippen molar-refractivity contribution in [3.05, 3.63) is 38.0 Å². The van der Waals surface area contributed by atoms with Crippen LogP contribution < -0.4 is 0 Å². The van der Waals surface area contributed by atoms with Gasteiger partial charge in [0, 0.05) is 23.6 Å². The number of carbonyl (C=O) groups excluding carboxylic acids is 3. The number of aliphatic hydroxyl groups excluding tert-OH is 3. The number of ether oxygens (including phenoxy) is 3. The smallest absolute Gasteiger partial charge is 0.435 e. The first kappa shape index (κ1) is 28.2. The largest absolute Gasteiger partial charge is 0.481 e. The van der Waals surface area contributed by atoms with Gasteiger partial charge in [0.2, 0.25) is 0 Å². The molecule has 0 saturated carbocycles. The van der Waals surface area contributed by atoms with Crippen LogP contribution >= 0.6 is 0 Å². The summed E-state index contributed by atoms with van der Waals surface area (Å²) in [5, 5.41) is 34.7. The molecule has 0 spiro atoms. The first-order valence-corrected chi connectivity index (χ1v) is 8.13. The number of carboxylic acid groups (broad SMARTS) is 1. The maximum Gasteiger partial charge on any atom is 0.435 e. The maximum atomic E-state index is 11.2. The van der Waals surface area contributed by atoms with Crippen molar-refractivity contribution < 1.29 is 53.8 Å². The molecule has 0 saturated heterocycles. The van der Waals surface area contributed by atoms with Crippen LogP contribution in [0.25, 0.3) is 0 Å². The van der Waals surface area contributed by atoms with Crippen LogP contribution in [-0.4, -0.2) is 70.1 Å². The minimum absolute atomic E-state index is 0.156. The third kappa shape index (κ3) is 10.8. The molecule has 4 N–H and O–H groups in total. The molecule has 0 aromatic carbocycles. The fourth-order valence-corrected chi connectivity index (χ4v) is 1.43. The lowest BCUT2D eigenvalue weighted by atomic mass is 9.88. The van der Waals surface area contributed by atoms with Gasteiger partial charge in [-0.3, -0.25) is 4.79 Å². The molecule has 0 radical (unpaired) electrons. The predicted molar refractivity (Wildman–Crippen MR) is 97.8 cm³/mol. The van der Waals surface area contributed by atoms with Crippen LogP contribution in [0, 0.1) is 5.41 Å². The second-order valence-electron chi connectivity index (χ2n) is 5.46. The normalized spacial score (nSPS) is 10.5. The summed E-state index contributed by atoms with van der Waals surface area (Å²) in [7, 11) is 0. The summed E-state index contributed by atoms with van der Waals surface area (Å²) < 4.78 is 13.6. The molecule has 0 aromatic heterocycles. The SMILES string of the molecule is C=CC(=O)OC(CC(=O)O)(OC(=O)C=C)OC(=O)C=C.CCC(CO)(CO)CO. The first-order valence-electron chi connectivity index (χ1n) is 8.13. The van der Waals surface area contributed by atoms with Gasteiger partial charge < -0.3 is 34.6 Å². The molecule has 0 fully saturated rings. The van der Waals surface area contributed by atoms with Crippen molar-refractivity contribution in [2.24, 2.45) is 5.41 Å². The third-order valence-electron chi connectivity index (χ3n) is 3.39. The summed E-state index contributed by atoms with van der Waals surface area (Å²) in [6, 6.07) is 0. The van der Waals surface area contributed by atoms with Crippen molar-refractivity contribution in [1.29, 1.82) is 0 Å². The van der Waals surface area contributed by atoms with Crippen LogP contribution in [0.15, 0.2) is 38.0 Å². The van der Waals surface area contributed by atoms with E-state index < -0.39 is 41.7 Å². The summed E-state index contributed by atoms with van der Waals surface area (Å²) in [6.45, 7) is 10.6. The number of esters is 3. The van der Waals surface area contributed by atoms with Crippen molar-refractivity contribution in [3.63, 3.8) is 0 Å². The average Bonchev–Trinajstić information content (AvgIpc) is 2.69. The zero-order valence-electron chi connectivity index (χ0n) is 16.0. The van der Waals surface area contributed by atoms with Crippen molar-refractivity contribution in [1.82, 2.24) is 0 Å². The molecule has 0 rings (SSSR count). The van der Waals surface area contributed by atoms with Crippen LogP contribution in [0.3, 0.4) is 0 Å². The van der Waals surface area contributed by atoms with E-state index in [1.165, 1.54) is 0 Å². The Bertz CT molecular complexity index is 532. The van der Waals surface area contributed by atoms with Gasteiger partial charge in [0.15, 0.2) is 6.42 Å². The van der Waals surface area contributed by atoms with Crippen molar-refractivity contribution in [3.8, 4) is 0 Å². The van der Waals surface area contributed by atoms with Gasteiger partial charge in [0.1, 0.15) is 0 Å². The highest BCUT2D eigenvalue weighted by molar-refractivity contribution is 5.86. The molecule has 0 bridgehead atoms. The van der Waals surface area contributed by atoms with Gasteiger partial charge in [-0.25, -0.2) is 14.4 Å². The van der Waals surface area contributed by atoms with Crippen LogP contribution in [0.5, 0.6) is 0 Å². The molecule has 11 heteroatoms. The Morgan fingerprint density at radius 2 is 1.10 bits per heavy atom. The molecule has 0 aliphatic rings. The Morgan fingerprint density at radius 1 is 0.793 bits per heavy atom. The molecule has 0 unspecified atom stereocenters. The number of aliphatic carboxylic acids is 1. The van der Waals surface area contributed by atoms with E-state index in [1.54, 1.807) is 0 Å². The van der Waals surface area contributed by atoms with Crippen molar-refractivity contribution in [2.75, 3.05) is 19.8 Å². The average molecular weight is 418 g/mol. The number of carbonyl (C=O) groups is 4. The lowest BCUT2D eigenvalue weighted by Crippen LogP contribution is -2.45. The highest BCUT2D eigenvalue weighted by atomic mass is 16.9. The number of hydrogen-bond donors (Lipinski definition) is 4. The van der Waals surface area contributed by atoms with Gasteiger partial charge in [-0.05, 0) is 6.42 Å². The summed E-state index contributed by atoms with van der Waals surface area (Å²) >= 11 is 0. The molecular weight excluding hydrogens is 392 g/mol. The highest BCUT2D eigenvalue weighted by Crippen LogP contribution is 2.22. The molecule has 0 atom stereocenters. The number of carboxylic acids is 1. The summed E-state index contributed by atoms with van der Waals surface area (Å²) in [6.07, 6.45) is 1.46. The quantitative estimate of drug-likeness (QED) is 0.185. The Hall–Kier alpha value is -3.02. The number of rotatable bonds is 12. The number of hydrogen-bond acceptors (Lipinski definition) is 10. The van der Waals surface area contributed by atoms with Crippen LogP contribution in [0.2, 0.25) is 0 Å². The fraction of sp³-hybridized carbons (Fsp3) is 0.444. The summed E-state index contributed by atoms with van der Waals surface area (Å²) in [5.74, 6) is -7.83. The molecule has 11 nitrogen and oxygen atoms in total. The highest BCUT2D eigenvalue weighted by Gasteiger charge is 2.45. The van der Waals surface area contributed by atoms with Gasteiger partial charge in [-0.1, -0.05) is 26.7 Å². The Labute approximate surface area is 167 Å². The van der Waals surface area contributed by atoms with Crippen molar-refractivity contribution >= 4 is 23.9 Å². The Kier molecular flexibility index (Phi) is 13.7. The van der Waals surface area contributed by atoms with E-state index in [2.05, 4.69) is 33.9 Å². The summed E-state index contributed by atoms with van der Waals surface area (Å²) in [5.41, 5.74) is -0.667. The van der Waals surface area contributed by atoms with Crippen LogP contribution in [0.1, 0.15) is 19.8 Å². The van der Waals surface area contributed by atoms with Gasteiger partial charge in [0.25, 0.3) is 0 Å². The van der Waals surface area contributed by atoms with Crippen molar-refractivity contribution in [2.45, 2.75) is 25.7 Å². The minimum atomic E-state index is -2.77. The van der Waals surface area contributed by atoms with Gasteiger partial charge in [-0.15, -0.1) is 0 Å². The van der Waals surface area contributed by atoms with E-state index in [-0.39, 0.29) is 19.8 Å². The van der Waals surface area contributed by atoms with E-state index in [1.807, 2.05) is 6.92 Å².